The van der Waals surface area contributed by atoms with Crippen LogP contribution in [0.3, 0.4) is 0 Å². The summed E-state index contributed by atoms with van der Waals surface area (Å²) in [7, 11) is 0. The van der Waals surface area contributed by atoms with E-state index in [-0.39, 0.29) is 5.41 Å². The van der Waals surface area contributed by atoms with Crippen LogP contribution in [0.15, 0.2) is 18.5 Å². The summed E-state index contributed by atoms with van der Waals surface area (Å²) in [6.45, 7) is 6.75. The van der Waals surface area contributed by atoms with Crippen LogP contribution in [0.25, 0.3) is 5.65 Å². The Morgan fingerprint density at radius 3 is 2.90 bits per heavy atom. The second-order valence-electron chi connectivity index (χ2n) is 6.45. The van der Waals surface area contributed by atoms with Crippen molar-refractivity contribution in [2.45, 2.75) is 39.7 Å². The Labute approximate surface area is 123 Å². The van der Waals surface area contributed by atoms with Crippen LogP contribution in [0.4, 0.5) is 5.82 Å². The van der Waals surface area contributed by atoms with Gasteiger partial charge < -0.3 is 10.0 Å². The first-order valence-electron chi connectivity index (χ1n) is 7.20. The Morgan fingerprint density at radius 1 is 1.43 bits per heavy atom. The normalized spacial score (nSPS) is 21.7. The lowest BCUT2D eigenvalue weighted by atomic mass is 9.76. The van der Waals surface area contributed by atoms with Crippen LogP contribution in [-0.4, -0.2) is 38.3 Å². The molecule has 21 heavy (non-hydrogen) atoms. The molecule has 2 aromatic rings. The lowest BCUT2D eigenvalue weighted by Crippen LogP contribution is -2.55. The highest BCUT2D eigenvalue weighted by Gasteiger charge is 2.43. The number of rotatable bonds is 2. The van der Waals surface area contributed by atoms with Crippen LogP contribution < -0.4 is 4.90 Å². The van der Waals surface area contributed by atoms with Crippen LogP contribution in [-0.2, 0) is 4.79 Å². The smallest absolute Gasteiger partial charge is 0.326 e. The predicted molar refractivity (Wildman–Crippen MR) is 79.5 cm³/mol. The molecule has 0 amide bonds. The number of anilines is 1. The minimum Gasteiger partial charge on any atom is -0.480 e. The number of carbonyl (C=O) groups is 1. The van der Waals surface area contributed by atoms with E-state index in [1.165, 1.54) is 6.33 Å². The van der Waals surface area contributed by atoms with Gasteiger partial charge in [-0.25, -0.2) is 9.78 Å². The van der Waals surface area contributed by atoms with E-state index in [2.05, 4.69) is 10.1 Å². The first kappa shape index (κ1) is 13.9. The van der Waals surface area contributed by atoms with Gasteiger partial charge in [0.05, 0.1) is 0 Å². The Balaban J connectivity index is 2.15. The molecule has 0 radical (unpaired) electrons. The zero-order chi connectivity index (χ0) is 15.2. The molecule has 2 aromatic heterocycles. The molecule has 3 heterocycles. The van der Waals surface area contributed by atoms with Crippen molar-refractivity contribution in [3.63, 3.8) is 0 Å². The standard InChI is InChI=1S/C15H20N4O2/c1-10-7-11-16-9-17-19(11)12(8-10)18-6-4-5-15(2,3)13(18)14(20)21/h7-9,13H,4-6H2,1-3H3,(H,20,21). The van der Waals surface area contributed by atoms with E-state index >= 15 is 0 Å². The first-order chi connectivity index (χ1) is 9.90. The maximum absolute atomic E-state index is 11.8. The van der Waals surface area contributed by atoms with Gasteiger partial charge >= 0.3 is 5.97 Å². The Morgan fingerprint density at radius 2 is 2.19 bits per heavy atom. The number of nitrogens with zero attached hydrogens (tertiary/aromatic N) is 4. The van der Waals surface area contributed by atoms with Crippen molar-refractivity contribution >= 4 is 17.4 Å². The summed E-state index contributed by atoms with van der Waals surface area (Å²) in [5, 5.41) is 14.0. The molecule has 0 bridgehead atoms. The number of carboxylic acid groups (broad SMARTS) is 1. The number of aromatic nitrogens is 3. The number of aliphatic carboxylic acids is 1. The Hall–Kier alpha value is -2.11. The van der Waals surface area contributed by atoms with Gasteiger partial charge in [0.2, 0.25) is 0 Å². The molecule has 1 N–H and O–H groups in total. The molecule has 1 saturated heterocycles. The number of hydrogen-bond acceptors (Lipinski definition) is 4. The van der Waals surface area contributed by atoms with Gasteiger partial charge in [-0.15, -0.1) is 0 Å². The zero-order valence-corrected chi connectivity index (χ0v) is 12.6. The maximum atomic E-state index is 11.8. The minimum atomic E-state index is -0.783. The number of carboxylic acids is 1. The van der Waals surface area contributed by atoms with Crippen molar-refractivity contribution in [3.8, 4) is 0 Å². The van der Waals surface area contributed by atoms with Crippen molar-refractivity contribution in [1.29, 1.82) is 0 Å². The highest BCUT2D eigenvalue weighted by molar-refractivity contribution is 5.79. The molecule has 1 unspecified atom stereocenters. The molecule has 112 valence electrons. The number of hydrogen-bond donors (Lipinski definition) is 1. The van der Waals surface area contributed by atoms with E-state index in [4.69, 9.17) is 0 Å². The predicted octanol–water partition coefficient (Wildman–Crippen LogP) is 2.12. The molecule has 1 atom stereocenters. The average Bonchev–Trinajstić information content (AvgIpc) is 2.83. The van der Waals surface area contributed by atoms with Crippen LogP contribution in [0.1, 0.15) is 32.3 Å². The average molecular weight is 288 g/mol. The molecule has 1 fully saturated rings. The number of piperidine rings is 1. The molecule has 0 saturated carbocycles. The second-order valence-corrected chi connectivity index (χ2v) is 6.45. The van der Waals surface area contributed by atoms with E-state index in [9.17, 15) is 9.90 Å². The largest absolute Gasteiger partial charge is 0.480 e. The summed E-state index contributed by atoms with van der Waals surface area (Å²) in [6, 6.07) is 3.38. The van der Waals surface area contributed by atoms with E-state index in [0.29, 0.717) is 0 Å². The van der Waals surface area contributed by atoms with Crippen molar-refractivity contribution < 1.29 is 9.90 Å². The molecular weight excluding hydrogens is 268 g/mol. The van der Waals surface area contributed by atoms with E-state index in [1.807, 2.05) is 37.8 Å². The van der Waals surface area contributed by atoms with Gasteiger partial charge in [0.25, 0.3) is 0 Å². The highest BCUT2D eigenvalue weighted by Crippen LogP contribution is 2.38. The van der Waals surface area contributed by atoms with Gasteiger partial charge in [0.1, 0.15) is 18.2 Å². The maximum Gasteiger partial charge on any atom is 0.326 e. The van der Waals surface area contributed by atoms with Crippen molar-refractivity contribution in [3.05, 3.63) is 24.0 Å². The van der Waals surface area contributed by atoms with Crippen LogP contribution in [0.2, 0.25) is 0 Å². The first-order valence-corrected chi connectivity index (χ1v) is 7.20. The quantitative estimate of drug-likeness (QED) is 0.916. The molecule has 1 aliphatic heterocycles. The summed E-state index contributed by atoms with van der Waals surface area (Å²) in [6.07, 6.45) is 3.39. The molecule has 0 aliphatic carbocycles. The zero-order valence-electron chi connectivity index (χ0n) is 12.6. The number of pyridine rings is 1. The van der Waals surface area contributed by atoms with Crippen molar-refractivity contribution in [2.24, 2.45) is 5.41 Å². The Bertz CT molecular complexity index is 692. The van der Waals surface area contributed by atoms with Crippen molar-refractivity contribution in [2.75, 3.05) is 11.4 Å². The molecule has 3 rings (SSSR count). The Kier molecular flexibility index (Phi) is 3.11. The monoisotopic (exact) mass is 288 g/mol. The fourth-order valence-corrected chi connectivity index (χ4v) is 3.35. The highest BCUT2D eigenvalue weighted by atomic mass is 16.4. The minimum absolute atomic E-state index is 0.277. The third-order valence-corrected chi connectivity index (χ3v) is 4.30. The van der Waals surface area contributed by atoms with Gasteiger partial charge in [0.15, 0.2) is 5.65 Å². The van der Waals surface area contributed by atoms with E-state index < -0.39 is 12.0 Å². The van der Waals surface area contributed by atoms with Crippen LogP contribution in [0, 0.1) is 12.3 Å². The molecule has 6 nitrogen and oxygen atoms in total. The fourth-order valence-electron chi connectivity index (χ4n) is 3.35. The van der Waals surface area contributed by atoms with Crippen LogP contribution in [0.5, 0.6) is 0 Å². The third-order valence-electron chi connectivity index (χ3n) is 4.30. The van der Waals surface area contributed by atoms with Gasteiger partial charge in [-0.05, 0) is 42.9 Å². The molecule has 1 aliphatic rings. The summed E-state index contributed by atoms with van der Waals surface area (Å²) >= 11 is 0. The van der Waals surface area contributed by atoms with E-state index in [0.717, 1.165) is 36.4 Å². The summed E-state index contributed by atoms with van der Waals surface area (Å²) in [4.78, 5) is 18.0. The van der Waals surface area contributed by atoms with Gasteiger partial charge in [-0.3, -0.25) is 0 Å². The van der Waals surface area contributed by atoms with Crippen LogP contribution >= 0.6 is 0 Å². The van der Waals surface area contributed by atoms with E-state index in [1.54, 1.807) is 4.52 Å². The summed E-state index contributed by atoms with van der Waals surface area (Å²) < 4.78 is 1.73. The fraction of sp³-hybridized carbons (Fsp3) is 0.533. The third kappa shape index (κ3) is 2.24. The topological polar surface area (TPSA) is 70.7 Å². The van der Waals surface area contributed by atoms with Gasteiger partial charge in [-0.1, -0.05) is 13.8 Å². The second kappa shape index (κ2) is 4.72. The molecular formula is C15H20N4O2. The molecule has 6 heteroatoms. The summed E-state index contributed by atoms with van der Waals surface area (Å²) in [5.74, 6) is 0.0251. The lowest BCUT2D eigenvalue weighted by Gasteiger charge is -2.45. The van der Waals surface area contributed by atoms with Crippen molar-refractivity contribution in [1.82, 2.24) is 14.6 Å². The van der Waals surface area contributed by atoms with Gasteiger partial charge in [-0.2, -0.15) is 9.61 Å². The lowest BCUT2D eigenvalue weighted by molar-refractivity contribution is -0.142. The summed E-state index contributed by atoms with van der Waals surface area (Å²) in [5.41, 5.74) is 1.52. The number of aryl methyl sites for hydroxylation is 1. The molecule has 0 spiro atoms. The SMILES string of the molecule is Cc1cc(N2CCCC(C)(C)C2C(=O)O)n2ncnc2c1. The molecule has 0 aromatic carbocycles. The number of fused-ring (bicyclic) bond motifs is 1. The van der Waals surface area contributed by atoms with Gasteiger partial charge in [0, 0.05) is 6.54 Å².